The Kier molecular flexibility index (Phi) is 4.26. The highest BCUT2D eigenvalue weighted by Gasteiger charge is 2.22. The molecule has 0 N–H and O–H groups in total. The van der Waals surface area contributed by atoms with Crippen molar-refractivity contribution in [1.82, 2.24) is 19.9 Å². The first-order valence-corrected chi connectivity index (χ1v) is 7.90. The third-order valence-electron chi connectivity index (χ3n) is 3.74. The van der Waals surface area contributed by atoms with Gasteiger partial charge in [-0.3, -0.25) is 4.90 Å². The number of nitrogens with zero attached hydrogens (tertiary/aromatic N) is 4. The summed E-state index contributed by atoms with van der Waals surface area (Å²) < 4.78 is 13.6. The summed E-state index contributed by atoms with van der Waals surface area (Å²) in [5.41, 5.74) is 0.910. The van der Waals surface area contributed by atoms with E-state index in [2.05, 4.69) is 43.0 Å². The van der Waals surface area contributed by atoms with Crippen LogP contribution >= 0.6 is 0 Å². The second kappa shape index (κ2) is 6.20. The normalized spacial score (nSPS) is 17.5. The average Bonchev–Trinajstić information content (AvgIpc) is 2.95. The van der Waals surface area contributed by atoms with Crippen LogP contribution < -0.4 is 9.47 Å². The van der Waals surface area contributed by atoms with Gasteiger partial charge in [-0.25, -0.2) is 4.68 Å². The number of ether oxygens (including phenoxy) is 2. The highest BCUT2D eigenvalue weighted by molar-refractivity contribution is 5.40. The Balaban J connectivity index is 1.56. The third-order valence-corrected chi connectivity index (χ3v) is 3.74. The van der Waals surface area contributed by atoms with Crippen LogP contribution in [0.4, 0.5) is 0 Å². The quantitative estimate of drug-likeness (QED) is 0.866. The van der Waals surface area contributed by atoms with E-state index < -0.39 is 0 Å². The van der Waals surface area contributed by atoms with Crippen molar-refractivity contribution >= 4 is 0 Å². The smallest absolute Gasteiger partial charge is 0.161 e. The molecule has 3 rings (SSSR count). The largest absolute Gasteiger partial charge is 0.486 e. The Morgan fingerprint density at radius 1 is 1.26 bits per heavy atom. The lowest BCUT2D eigenvalue weighted by Crippen LogP contribution is -2.39. The second-order valence-electron chi connectivity index (χ2n) is 7.02. The van der Waals surface area contributed by atoms with E-state index in [9.17, 15) is 0 Å². The minimum atomic E-state index is -0.0478. The van der Waals surface area contributed by atoms with Gasteiger partial charge in [-0.1, -0.05) is 17.3 Å². The summed E-state index contributed by atoms with van der Waals surface area (Å²) in [6, 6.07) is 7.78. The first kappa shape index (κ1) is 15.8. The fourth-order valence-corrected chi connectivity index (χ4v) is 2.54. The van der Waals surface area contributed by atoms with Crippen LogP contribution in [0.3, 0.4) is 0 Å². The second-order valence-corrected chi connectivity index (χ2v) is 7.02. The van der Waals surface area contributed by atoms with Gasteiger partial charge >= 0.3 is 0 Å². The minimum absolute atomic E-state index is 0.0209. The van der Waals surface area contributed by atoms with Gasteiger partial charge in [-0.2, -0.15) is 0 Å². The van der Waals surface area contributed by atoms with E-state index in [1.807, 2.05) is 35.1 Å². The molecule has 1 aromatic carbocycles. The molecule has 0 bridgehead atoms. The Bertz CT molecular complexity index is 663. The van der Waals surface area contributed by atoms with E-state index >= 15 is 0 Å². The van der Waals surface area contributed by atoms with Crippen LogP contribution in [0.25, 0.3) is 0 Å². The van der Waals surface area contributed by atoms with Crippen LogP contribution in [0.5, 0.6) is 11.5 Å². The molecular weight excluding hydrogens is 292 g/mol. The number of para-hydroxylation sites is 2. The van der Waals surface area contributed by atoms with E-state index in [0.717, 1.165) is 30.3 Å². The number of hydrogen-bond donors (Lipinski definition) is 0. The molecule has 0 saturated carbocycles. The maximum atomic E-state index is 5.99. The average molecular weight is 316 g/mol. The maximum Gasteiger partial charge on any atom is 0.161 e. The summed E-state index contributed by atoms with van der Waals surface area (Å²) in [7, 11) is 2.06. The number of fused-ring (bicyclic) bond motifs is 1. The third kappa shape index (κ3) is 3.82. The highest BCUT2D eigenvalue weighted by atomic mass is 16.6. The zero-order valence-corrected chi connectivity index (χ0v) is 14.2. The molecule has 1 atom stereocenters. The van der Waals surface area contributed by atoms with E-state index in [1.165, 1.54) is 0 Å². The molecule has 0 fully saturated rings. The van der Waals surface area contributed by atoms with Crippen molar-refractivity contribution in [2.75, 3.05) is 20.2 Å². The van der Waals surface area contributed by atoms with Gasteiger partial charge in [0.1, 0.15) is 12.7 Å². The molecule has 0 radical (unpaired) electrons. The van der Waals surface area contributed by atoms with Gasteiger partial charge in [-0.15, -0.1) is 5.10 Å². The molecule has 1 aliphatic rings. The summed E-state index contributed by atoms with van der Waals surface area (Å²) >= 11 is 0. The van der Waals surface area contributed by atoms with Crippen LogP contribution in [0.15, 0.2) is 30.5 Å². The SMILES string of the molecule is CN(Cc1cn(C(C)(C)C)nn1)CC1COc2ccccc2O1. The molecule has 1 unspecified atom stereocenters. The molecule has 0 saturated heterocycles. The maximum absolute atomic E-state index is 5.99. The topological polar surface area (TPSA) is 52.4 Å². The van der Waals surface area contributed by atoms with Crippen LogP contribution in [0, 0.1) is 0 Å². The predicted molar refractivity (Wildman–Crippen MR) is 87.7 cm³/mol. The summed E-state index contributed by atoms with van der Waals surface area (Å²) in [5.74, 6) is 1.63. The molecule has 6 heteroatoms. The molecule has 23 heavy (non-hydrogen) atoms. The van der Waals surface area contributed by atoms with E-state index in [1.54, 1.807) is 0 Å². The Labute approximate surface area is 137 Å². The van der Waals surface area contributed by atoms with Crippen molar-refractivity contribution in [3.63, 3.8) is 0 Å². The Morgan fingerprint density at radius 2 is 2.00 bits per heavy atom. The minimum Gasteiger partial charge on any atom is -0.486 e. The Hall–Kier alpha value is -2.08. The molecule has 124 valence electrons. The summed E-state index contributed by atoms with van der Waals surface area (Å²) in [5, 5.41) is 8.45. The van der Waals surface area contributed by atoms with Gasteiger partial charge in [0.05, 0.1) is 17.4 Å². The van der Waals surface area contributed by atoms with E-state index in [0.29, 0.717) is 6.61 Å². The summed E-state index contributed by atoms with van der Waals surface area (Å²) in [4.78, 5) is 2.18. The molecule has 2 heterocycles. The lowest BCUT2D eigenvalue weighted by atomic mass is 10.1. The van der Waals surface area contributed by atoms with Gasteiger partial charge in [-0.05, 0) is 40.0 Å². The first-order valence-electron chi connectivity index (χ1n) is 7.90. The monoisotopic (exact) mass is 316 g/mol. The zero-order chi connectivity index (χ0) is 16.4. The van der Waals surface area contributed by atoms with Crippen molar-refractivity contribution in [3.8, 4) is 11.5 Å². The molecule has 1 aromatic heterocycles. The van der Waals surface area contributed by atoms with Gasteiger partial charge in [0.15, 0.2) is 11.5 Å². The van der Waals surface area contributed by atoms with Crippen molar-refractivity contribution < 1.29 is 9.47 Å². The fourth-order valence-electron chi connectivity index (χ4n) is 2.54. The van der Waals surface area contributed by atoms with Crippen molar-refractivity contribution in [2.24, 2.45) is 0 Å². The van der Waals surface area contributed by atoms with E-state index in [4.69, 9.17) is 9.47 Å². The lowest BCUT2D eigenvalue weighted by molar-refractivity contribution is 0.0635. The van der Waals surface area contributed by atoms with Crippen LogP contribution in [-0.4, -0.2) is 46.2 Å². The molecule has 0 amide bonds. The van der Waals surface area contributed by atoms with Crippen molar-refractivity contribution in [1.29, 1.82) is 0 Å². The predicted octanol–water partition coefficient (Wildman–Crippen LogP) is 2.30. The number of likely N-dealkylation sites (N-methyl/N-ethyl adjacent to an activating group) is 1. The molecule has 0 spiro atoms. The van der Waals surface area contributed by atoms with Gasteiger partial charge in [0, 0.05) is 13.1 Å². The summed E-state index contributed by atoms with van der Waals surface area (Å²) in [6.07, 6.45) is 2.02. The standard InChI is InChI=1S/C17H24N4O2/c1-17(2,3)21-10-13(18-19-21)9-20(4)11-14-12-22-15-7-5-6-8-16(15)23-14/h5-8,10,14H,9,11-12H2,1-4H3. The highest BCUT2D eigenvalue weighted by Crippen LogP contribution is 2.31. The van der Waals surface area contributed by atoms with Crippen molar-refractivity contribution in [3.05, 3.63) is 36.2 Å². The summed E-state index contributed by atoms with van der Waals surface area (Å²) in [6.45, 7) is 8.41. The van der Waals surface area contributed by atoms with Gasteiger partial charge in [0.2, 0.25) is 0 Å². The molecule has 0 aliphatic carbocycles. The van der Waals surface area contributed by atoms with Crippen molar-refractivity contribution in [2.45, 2.75) is 39.0 Å². The number of hydrogen-bond acceptors (Lipinski definition) is 5. The van der Waals surface area contributed by atoms with Gasteiger partial charge in [0.25, 0.3) is 0 Å². The molecule has 1 aliphatic heterocycles. The van der Waals surface area contributed by atoms with Crippen LogP contribution in [-0.2, 0) is 12.1 Å². The molecular formula is C17H24N4O2. The molecule has 2 aromatic rings. The van der Waals surface area contributed by atoms with E-state index in [-0.39, 0.29) is 11.6 Å². The van der Waals surface area contributed by atoms with Crippen LogP contribution in [0.1, 0.15) is 26.5 Å². The van der Waals surface area contributed by atoms with Gasteiger partial charge < -0.3 is 9.47 Å². The Morgan fingerprint density at radius 3 is 2.70 bits per heavy atom. The lowest BCUT2D eigenvalue weighted by Gasteiger charge is -2.29. The number of rotatable bonds is 4. The zero-order valence-electron chi connectivity index (χ0n) is 14.2. The van der Waals surface area contributed by atoms with Crippen LogP contribution in [0.2, 0.25) is 0 Å². The first-order chi connectivity index (χ1) is 10.9. The number of aromatic nitrogens is 3. The number of benzene rings is 1. The fraction of sp³-hybridized carbons (Fsp3) is 0.529. The molecule has 6 nitrogen and oxygen atoms in total.